The molecule has 0 aliphatic rings. The van der Waals surface area contributed by atoms with Gasteiger partial charge >= 0.3 is 11.9 Å². The van der Waals surface area contributed by atoms with Crippen LogP contribution < -0.4 is 0 Å². The molecule has 1 N–H and O–H groups in total. The van der Waals surface area contributed by atoms with Gasteiger partial charge < -0.3 is 14.6 Å². The van der Waals surface area contributed by atoms with Gasteiger partial charge in [0.25, 0.3) is 0 Å². The molecule has 0 saturated heterocycles. The Hall–Kier alpha value is -1.10. The maximum absolute atomic E-state index is 12.2. The molecular weight excluding hydrogens is 548 g/mol. The fourth-order valence-electron chi connectivity index (χ4n) is 5.81. The molecule has 44 heavy (non-hydrogen) atoms. The zero-order valence-corrected chi connectivity index (χ0v) is 30.0. The standard InChI is InChI=1S/C39H76O5/c1-35(2)29-25-21-17-13-10-8-6-5-7-9-11-15-20-24-28-32-39(42)44-37(33-40)34-43-38(41)31-27-23-19-16-12-14-18-22-26-30-36(3)4/h35-37,40H,5-34H2,1-4H3/t37-/m0/s1. The lowest BCUT2D eigenvalue weighted by atomic mass is 10.0. The Morgan fingerprint density at radius 3 is 1.07 bits per heavy atom. The summed E-state index contributed by atoms with van der Waals surface area (Å²) in [7, 11) is 0. The van der Waals surface area contributed by atoms with Crippen molar-refractivity contribution in [2.24, 2.45) is 11.8 Å². The molecule has 0 saturated carbocycles. The largest absolute Gasteiger partial charge is 0.462 e. The van der Waals surface area contributed by atoms with E-state index in [1.165, 1.54) is 128 Å². The SMILES string of the molecule is CC(C)CCCCCCCCCCCCCCCCCC(=O)O[C@@H](CO)COC(=O)CCCCCCCCCCCC(C)C. The molecule has 262 valence electrons. The number of ether oxygens (including phenoxy) is 2. The van der Waals surface area contributed by atoms with Gasteiger partial charge in [0.2, 0.25) is 0 Å². The second-order valence-electron chi connectivity index (χ2n) is 14.3. The lowest BCUT2D eigenvalue weighted by Gasteiger charge is -2.15. The van der Waals surface area contributed by atoms with Gasteiger partial charge in [-0.3, -0.25) is 9.59 Å². The molecule has 0 aliphatic heterocycles. The van der Waals surface area contributed by atoms with Crippen LogP contribution in [0.2, 0.25) is 0 Å². The second kappa shape index (κ2) is 33.3. The number of hydrogen-bond donors (Lipinski definition) is 1. The third-order valence-corrected chi connectivity index (χ3v) is 8.76. The summed E-state index contributed by atoms with van der Waals surface area (Å²) in [6.07, 6.45) is 33.1. The van der Waals surface area contributed by atoms with Gasteiger partial charge in [-0.1, -0.05) is 182 Å². The molecule has 0 radical (unpaired) electrons. The molecule has 0 aromatic carbocycles. The number of carbonyl (C=O) groups is 2. The summed E-state index contributed by atoms with van der Waals surface area (Å²) in [4.78, 5) is 24.2. The predicted octanol–water partition coefficient (Wildman–Crippen LogP) is 11.7. The van der Waals surface area contributed by atoms with Crippen LogP contribution in [0.3, 0.4) is 0 Å². The van der Waals surface area contributed by atoms with Crippen molar-refractivity contribution in [3.8, 4) is 0 Å². The molecule has 0 fully saturated rings. The Labute approximate surface area is 274 Å². The van der Waals surface area contributed by atoms with Crippen LogP contribution in [0.1, 0.15) is 207 Å². The van der Waals surface area contributed by atoms with Crippen molar-refractivity contribution < 1.29 is 24.2 Å². The zero-order valence-electron chi connectivity index (χ0n) is 30.0. The Bertz CT molecular complexity index is 618. The molecule has 0 bridgehead atoms. The summed E-state index contributed by atoms with van der Waals surface area (Å²) < 4.78 is 10.6. The highest BCUT2D eigenvalue weighted by Gasteiger charge is 2.16. The van der Waals surface area contributed by atoms with Crippen molar-refractivity contribution in [2.75, 3.05) is 13.2 Å². The Kier molecular flexibility index (Phi) is 32.4. The first-order valence-electron chi connectivity index (χ1n) is 19.3. The molecule has 0 unspecified atom stereocenters. The van der Waals surface area contributed by atoms with E-state index in [0.717, 1.165) is 50.4 Å². The summed E-state index contributed by atoms with van der Waals surface area (Å²) in [6.45, 7) is 8.83. The molecule has 0 aromatic heterocycles. The van der Waals surface area contributed by atoms with Gasteiger partial charge in [0, 0.05) is 12.8 Å². The predicted molar refractivity (Wildman–Crippen MR) is 187 cm³/mol. The van der Waals surface area contributed by atoms with E-state index in [1.807, 2.05) is 0 Å². The Balaban J connectivity index is 3.50. The monoisotopic (exact) mass is 625 g/mol. The topological polar surface area (TPSA) is 72.8 Å². The van der Waals surface area contributed by atoms with Crippen LogP contribution in [0.5, 0.6) is 0 Å². The van der Waals surface area contributed by atoms with Crippen molar-refractivity contribution in [1.82, 2.24) is 0 Å². The fourth-order valence-corrected chi connectivity index (χ4v) is 5.81. The summed E-state index contributed by atoms with van der Waals surface area (Å²) in [5, 5.41) is 9.54. The number of carbonyl (C=O) groups excluding carboxylic acids is 2. The number of esters is 2. The highest BCUT2D eigenvalue weighted by Crippen LogP contribution is 2.16. The number of aliphatic hydroxyl groups excluding tert-OH is 1. The molecule has 0 amide bonds. The van der Waals surface area contributed by atoms with E-state index in [1.54, 1.807) is 0 Å². The highest BCUT2D eigenvalue weighted by molar-refractivity contribution is 5.70. The van der Waals surface area contributed by atoms with Crippen LogP contribution in [0, 0.1) is 11.8 Å². The van der Waals surface area contributed by atoms with E-state index in [2.05, 4.69) is 27.7 Å². The normalized spacial score (nSPS) is 12.2. The molecule has 0 aliphatic carbocycles. The molecule has 5 heteroatoms. The van der Waals surface area contributed by atoms with Gasteiger partial charge in [0.1, 0.15) is 6.61 Å². The third kappa shape index (κ3) is 33.8. The molecule has 5 nitrogen and oxygen atoms in total. The lowest BCUT2D eigenvalue weighted by molar-refractivity contribution is -0.161. The molecule has 0 aromatic rings. The van der Waals surface area contributed by atoms with E-state index in [0.29, 0.717) is 12.8 Å². The van der Waals surface area contributed by atoms with Gasteiger partial charge in [-0.15, -0.1) is 0 Å². The molecule has 0 spiro atoms. The zero-order chi connectivity index (χ0) is 32.5. The summed E-state index contributed by atoms with van der Waals surface area (Å²) >= 11 is 0. The van der Waals surface area contributed by atoms with Crippen LogP contribution in [-0.4, -0.2) is 36.4 Å². The molecule has 0 rings (SSSR count). The van der Waals surface area contributed by atoms with Crippen molar-refractivity contribution in [3.63, 3.8) is 0 Å². The third-order valence-electron chi connectivity index (χ3n) is 8.76. The number of unbranched alkanes of at least 4 members (excludes halogenated alkanes) is 22. The number of aliphatic hydroxyl groups is 1. The minimum atomic E-state index is -0.762. The first-order valence-corrected chi connectivity index (χ1v) is 19.3. The molecular formula is C39H76O5. The van der Waals surface area contributed by atoms with Gasteiger partial charge in [0.05, 0.1) is 6.61 Å². The van der Waals surface area contributed by atoms with Crippen LogP contribution in [-0.2, 0) is 19.1 Å². The van der Waals surface area contributed by atoms with Crippen molar-refractivity contribution in [2.45, 2.75) is 214 Å². The van der Waals surface area contributed by atoms with E-state index in [4.69, 9.17) is 9.47 Å². The van der Waals surface area contributed by atoms with Crippen LogP contribution in [0.15, 0.2) is 0 Å². The van der Waals surface area contributed by atoms with Crippen molar-refractivity contribution in [3.05, 3.63) is 0 Å². The first-order chi connectivity index (χ1) is 21.3. The number of rotatable bonds is 34. The minimum Gasteiger partial charge on any atom is -0.462 e. The Morgan fingerprint density at radius 2 is 0.750 bits per heavy atom. The first kappa shape index (κ1) is 42.9. The molecule has 1 atom stereocenters. The summed E-state index contributed by atoms with van der Waals surface area (Å²) in [6, 6.07) is 0. The van der Waals surface area contributed by atoms with Gasteiger partial charge in [-0.2, -0.15) is 0 Å². The quantitative estimate of drug-likeness (QED) is 0.0569. The van der Waals surface area contributed by atoms with Gasteiger partial charge in [-0.05, 0) is 24.7 Å². The number of hydrogen-bond acceptors (Lipinski definition) is 5. The van der Waals surface area contributed by atoms with E-state index < -0.39 is 6.10 Å². The van der Waals surface area contributed by atoms with Gasteiger partial charge in [-0.25, -0.2) is 0 Å². The van der Waals surface area contributed by atoms with E-state index in [-0.39, 0.29) is 25.2 Å². The fraction of sp³-hybridized carbons (Fsp3) is 0.949. The maximum atomic E-state index is 12.2. The van der Waals surface area contributed by atoms with E-state index >= 15 is 0 Å². The van der Waals surface area contributed by atoms with E-state index in [9.17, 15) is 14.7 Å². The van der Waals surface area contributed by atoms with Crippen LogP contribution in [0.4, 0.5) is 0 Å². The smallest absolute Gasteiger partial charge is 0.306 e. The Morgan fingerprint density at radius 1 is 0.455 bits per heavy atom. The summed E-state index contributed by atoms with van der Waals surface area (Å²) in [5.41, 5.74) is 0. The highest BCUT2D eigenvalue weighted by atomic mass is 16.6. The summed E-state index contributed by atoms with van der Waals surface area (Å²) in [5.74, 6) is 1.09. The maximum Gasteiger partial charge on any atom is 0.306 e. The van der Waals surface area contributed by atoms with Gasteiger partial charge in [0.15, 0.2) is 6.10 Å². The van der Waals surface area contributed by atoms with Crippen LogP contribution >= 0.6 is 0 Å². The van der Waals surface area contributed by atoms with Crippen LogP contribution in [0.25, 0.3) is 0 Å². The minimum absolute atomic E-state index is 0.0592. The molecule has 0 heterocycles. The average Bonchev–Trinajstić information content (AvgIpc) is 2.99. The van der Waals surface area contributed by atoms with Crippen molar-refractivity contribution in [1.29, 1.82) is 0 Å². The second-order valence-corrected chi connectivity index (χ2v) is 14.3. The van der Waals surface area contributed by atoms with Crippen molar-refractivity contribution >= 4 is 11.9 Å². The average molecular weight is 625 g/mol. The lowest BCUT2D eigenvalue weighted by Crippen LogP contribution is -2.28.